The largest absolute Gasteiger partial charge is 0.385 e. The normalized spacial score (nSPS) is 9.34. The zero-order valence-electron chi connectivity index (χ0n) is 15.7. The Balaban J connectivity index is 0.000000208. The number of hydrogen-bond donors (Lipinski definition) is 3. The number of rotatable bonds is 6. The van der Waals surface area contributed by atoms with E-state index < -0.39 is 5.91 Å². The van der Waals surface area contributed by atoms with E-state index in [0.29, 0.717) is 17.5 Å². The number of nitriles is 2. The first kappa shape index (κ1) is 21.4. The van der Waals surface area contributed by atoms with E-state index in [1.54, 1.807) is 11.3 Å². The molecule has 2 amide bonds. The van der Waals surface area contributed by atoms with E-state index >= 15 is 0 Å². The van der Waals surface area contributed by atoms with Crippen LogP contribution in [0, 0.1) is 22.7 Å². The number of carbonyl (C=O) groups is 2. The summed E-state index contributed by atoms with van der Waals surface area (Å²) in [5.41, 5.74) is 6.92. The van der Waals surface area contributed by atoms with Crippen LogP contribution in [0.4, 0.5) is 5.69 Å². The van der Waals surface area contributed by atoms with Gasteiger partial charge in [0.2, 0.25) is 6.41 Å². The number of benzene rings is 2. The topological polar surface area (TPSA) is 118 Å². The second kappa shape index (κ2) is 11.1. The van der Waals surface area contributed by atoms with E-state index in [1.165, 1.54) is 24.3 Å². The van der Waals surface area contributed by atoms with Crippen molar-refractivity contribution in [3.63, 3.8) is 0 Å². The fourth-order valence-corrected chi connectivity index (χ4v) is 3.31. The lowest BCUT2D eigenvalue weighted by atomic mass is 10.1. The Morgan fingerprint density at radius 1 is 1.10 bits per heavy atom. The molecule has 0 unspecified atom stereocenters. The summed E-state index contributed by atoms with van der Waals surface area (Å²) in [7, 11) is 0. The molecule has 7 nitrogen and oxygen atoms in total. The van der Waals surface area contributed by atoms with E-state index in [4.69, 9.17) is 10.5 Å². The van der Waals surface area contributed by atoms with Crippen LogP contribution >= 0.6 is 11.3 Å². The number of fused-ring (bicyclic) bond motifs is 1. The lowest BCUT2D eigenvalue weighted by Gasteiger charge is -2.06. The molecule has 3 N–H and O–H groups in total. The van der Waals surface area contributed by atoms with Crippen LogP contribution in [0.3, 0.4) is 0 Å². The first-order chi connectivity index (χ1) is 14.1. The molecule has 0 aliphatic heterocycles. The van der Waals surface area contributed by atoms with E-state index in [9.17, 15) is 9.59 Å². The van der Waals surface area contributed by atoms with Crippen molar-refractivity contribution in [3.05, 3.63) is 64.5 Å². The molecule has 0 radical (unpaired) electrons. The number of thiophene rings is 1. The van der Waals surface area contributed by atoms with Crippen LogP contribution in [0.1, 0.15) is 34.8 Å². The van der Waals surface area contributed by atoms with Gasteiger partial charge in [0.15, 0.2) is 0 Å². The molecule has 1 aromatic heterocycles. The standard InChI is InChI=1S/C12H12N2S.C9H7N3O2/c1-2-6-14-11-4-3-9(8-13)12-10(11)5-7-15-12;10-5-7-1-3-8(4-2-7)9(14)12-11-6-13/h3-5,7,14H,2,6H2,1H3;1-4,6H,(H,11,13)(H,12,14). The Labute approximate surface area is 172 Å². The molecule has 3 aromatic rings. The highest BCUT2D eigenvalue weighted by Crippen LogP contribution is 2.30. The zero-order valence-corrected chi connectivity index (χ0v) is 16.5. The van der Waals surface area contributed by atoms with Gasteiger partial charge < -0.3 is 5.32 Å². The smallest absolute Gasteiger partial charge is 0.269 e. The lowest BCUT2D eigenvalue weighted by Crippen LogP contribution is -2.36. The van der Waals surface area contributed by atoms with E-state index in [0.717, 1.165) is 34.3 Å². The maximum Gasteiger partial charge on any atom is 0.269 e. The SMILES string of the molecule is CCCNc1ccc(C#N)c2sccc12.N#Cc1ccc(C(=O)NNC=O)cc1. The molecule has 0 aliphatic rings. The van der Waals surface area contributed by atoms with Crippen molar-refractivity contribution in [1.29, 1.82) is 10.5 Å². The summed E-state index contributed by atoms with van der Waals surface area (Å²) in [5.74, 6) is -0.429. The predicted molar refractivity (Wildman–Crippen MR) is 113 cm³/mol. The average Bonchev–Trinajstić information content (AvgIpc) is 3.26. The number of amides is 2. The van der Waals surface area contributed by atoms with Crippen molar-refractivity contribution in [2.45, 2.75) is 13.3 Å². The molecule has 146 valence electrons. The Morgan fingerprint density at radius 3 is 2.48 bits per heavy atom. The third-order valence-corrected chi connectivity index (χ3v) is 4.77. The summed E-state index contributed by atoms with van der Waals surface area (Å²) in [6, 6.07) is 16.1. The molecular weight excluding hydrogens is 386 g/mol. The molecule has 0 saturated heterocycles. The number of carbonyl (C=O) groups excluding carboxylic acids is 2. The minimum Gasteiger partial charge on any atom is -0.385 e. The summed E-state index contributed by atoms with van der Waals surface area (Å²) < 4.78 is 1.08. The van der Waals surface area contributed by atoms with Gasteiger partial charge in [0, 0.05) is 23.2 Å². The molecule has 0 fully saturated rings. The van der Waals surface area contributed by atoms with E-state index in [2.05, 4.69) is 29.8 Å². The van der Waals surface area contributed by atoms with Crippen molar-refractivity contribution >= 4 is 39.4 Å². The Morgan fingerprint density at radius 2 is 1.86 bits per heavy atom. The van der Waals surface area contributed by atoms with Crippen molar-refractivity contribution < 1.29 is 9.59 Å². The molecule has 3 rings (SSSR count). The summed E-state index contributed by atoms with van der Waals surface area (Å²) in [6.07, 6.45) is 1.47. The molecule has 0 spiro atoms. The molecule has 1 heterocycles. The third kappa shape index (κ3) is 5.80. The van der Waals surface area contributed by atoms with Gasteiger partial charge in [-0.05, 0) is 54.3 Å². The van der Waals surface area contributed by atoms with Gasteiger partial charge in [-0.2, -0.15) is 10.5 Å². The summed E-state index contributed by atoms with van der Waals surface area (Å²) in [6.45, 7) is 3.11. The van der Waals surface area contributed by atoms with Crippen molar-refractivity contribution in [3.8, 4) is 12.1 Å². The summed E-state index contributed by atoms with van der Waals surface area (Å²) in [5, 5.41) is 24.0. The maximum atomic E-state index is 11.2. The number of hydrogen-bond acceptors (Lipinski definition) is 6. The monoisotopic (exact) mass is 405 g/mol. The molecule has 8 heteroatoms. The fraction of sp³-hybridized carbons (Fsp3) is 0.143. The summed E-state index contributed by atoms with van der Waals surface area (Å²) in [4.78, 5) is 21.1. The number of hydrazine groups is 1. The van der Waals surface area contributed by atoms with Gasteiger partial charge in [-0.25, -0.2) is 0 Å². The first-order valence-electron chi connectivity index (χ1n) is 8.78. The highest BCUT2D eigenvalue weighted by Gasteiger charge is 2.06. The lowest BCUT2D eigenvalue weighted by molar-refractivity contribution is -0.110. The first-order valence-corrected chi connectivity index (χ1v) is 9.66. The maximum absolute atomic E-state index is 11.2. The van der Waals surface area contributed by atoms with Gasteiger partial charge in [-0.1, -0.05) is 6.92 Å². The van der Waals surface area contributed by atoms with Crippen molar-refractivity contribution in [1.82, 2.24) is 10.9 Å². The minimum atomic E-state index is -0.429. The quantitative estimate of drug-likeness (QED) is 0.428. The van der Waals surface area contributed by atoms with Crippen LogP contribution in [-0.2, 0) is 4.79 Å². The second-order valence-corrected chi connectivity index (χ2v) is 6.68. The van der Waals surface area contributed by atoms with Crippen LogP contribution in [0.15, 0.2) is 47.8 Å². The third-order valence-electron chi connectivity index (χ3n) is 3.82. The molecule has 0 aliphatic carbocycles. The molecule has 2 aromatic carbocycles. The number of anilines is 1. The van der Waals surface area contributed by atoms with Crippen LogP contribution < -0.4 is 16.2 Å². The molecule has 29 heavy (non-hydrogen) atoms. The second-order valence-electron chi connectivity index (χ2n) is 5.77. The Bertz CT molecular complexity index is 1060. The number of nitrogens with zero attached hydrogens (tertiary/aromatic N) is 2. The fourth-order valence-electron chi connectivity index (χ4n) is 2.43. The van der Waals surface area contributed by atoms with Crippen molar-refractivity contribution in [2.24, 2.45) is 0 Å². The van der Waals surface area contributed by atoms with Crippen LogP contribution in [0.5, 0.6) is 0 Å². The Kier molecular flexibility index (Phi) is 8.18. The van der Waals surface area contributed by atoms with Gasteiger partial charge in [-0.3, -0.25) is 20.4 Å². The molecule has 0 atom stereocenters. The molecule has 0 bridgehead atoms. The summed E-state index contributed by atoms with van der Waals surface area (Å²) >= 11 is 1.62. The van der Waals surface area contributed by atoms with Gasteiger partial charge in [0.05, 0.1) is 21.9 Å². The van der Waals surface area contributed by atoms with E-state index in [-0.39, 0.29) is 0 Å². The van der Waals surface area contributed by atoms with Gasteiger partial charge in [-0.15, -0.1) is 11.3 Å². The van der Waals surface area contributed by atoms with Crippen molar-refractivity contribution in [2.75, 3.05) is 11.9 Å². The highest BCUT2D eigenvalue weighted by atomic mass is 32.1. The van der Waals surface area contributed by atoms with Gasteiger partial charge >= 0.3 is 0 Å². The van der Waals surface area contributed by atoms with Gasteiger partial charge in [0.1, 0.15) is 6.07 Å². The van der Waals surface area contributed by atoms with Crippen LogP contribution in [0.2, 0.25) is 0 Å². The predicted octanol–water partition coefficient (Wildman–Crippen LogP) is 3.54. The van der Waals surface area contributed by atoms with E-state index in [1.807, 2.05) is 29.0 Å². The Hall–Kier alpha value is -3.88. The molecular formula is C21H19N5O2S. The van der Waals surface area contributed by atoms with Crippen LogP contribution in [-0.4, -0.2) is 18.9 Å². The molecule has 0 saturated carbocycles. The number of nitrogens with one attached hydrogen (secondary N) is 3. The average molecular weight is 405 g/mol. The van der Waals surface area contributed by atoms with Crippen LogP contribution in [0.25, 0.3) is 10.1 Å². The van der Waals surface area contributed by atoms with Gasteiger partial charge in [0.25, 0.3) is 5.91 Å². The minimum absolute atomic E-state index is 0.363. The highest BCUT2D eigenvalue weighted by molar-refractivity contribution is 7.17. The zero-order chi connectivity index (χ0) is 21.1.